The van der Waals surface area contributed by atoms with Crippen LogP contribution in [0.2, 0.25) is 5.15 Å². The lowest BCUT2D eigenvalue weighted by molar-refractivity contribution is 0.533. The molecule has 0 unspecified atom stereocenters. The quantitative estimate of drug-likeness (QED) is 0.585. The first-order valence-corrected chi connectivity index (χ1v) is 7.76. The standard InChI is InChI=1S/C15H14ClN7O/c1-8(2)23-13(16)10(7-18-23)20-15-12-9(6-17-22-12)19-14(21-15)11-4-3-5-24-11/h3-8H,1-2H3,(H,17,22)(H,19,20,21). The minimum absolute atomic E-state index is 0.157. The Labute approximate surface area is 141 Å². The van der Waals surface area contributed by atoms with Gasteiger partial charge in [0.1, 0.15) is 11.0 Å². The van der Waals surface area contributed by atoms with Crippen LogP contribution in [0.25, 0.3) is 22.6 Å². The van der Waals surface area contributed by atoms with E-state index in [2.05, 4.69) is 30.6 Å². The summed E-state index contributed by atoms with van der Waals surface area (Å²) >= 11 is 6.38. The molecule has 2 N–H and O–H groups in total. The fourth-order valence-corrected chi connectivity index (χ4v) is 2.70. The molecule has 9 heteroatoms. The van der Waals surface area contributed by atoms with Crippen molar-refractivity contribution in [2.45, 2.75) is 19.9 Å². The zero-order chi connectivity index (χ0) is 16.7. The van der Waals surface area contributed by atoms with Gasteiger partial charge in [-0.05, 0) is 26.0 Å². The molecule has 0 aliphatic carbocycles. The minimum Gasteiger partial charge on any atom is -0.461 e. The van der Waals surface area contributed by atoms with Crippen LogP contribution in [-0.2, 0) is 0 Å². The van der Waals surface area contributed by atoms with Gasteiger partial charge in [0.25, 0.3) is 0 Å². The molecule has 0 spiro atoms. The maximum atomic E-state index is 6.38. The molecule has 0 saturated heterocycles. The molecule has 0 atom stereocenters. The fraction of sp³-hybridized carbons (Fsp3) is 0.200. The Morgan fingerprint density at radius 1 is 1.29 bits per heavy atom. The first-order valence-electron chi connectivity index (χ1n) is 7.38. The van der Waals surface area contributed by atoms with E-state index in [1.54, 1.807) is 35.5 Å². The van der Waals surface area contributed by atoms with Crippen LogP contribution in [0.1, 0.15) is 19.9 Å². The van der Waals surface area contributed by atoms with Crippen molar-refractivity contribution in [3.05, 3.63) is 35.9 Å². The van der Waals surface area contributed by atoms with E-state index in [0.717, 1.165) is 0 Å². The molecule has 4 heterocycles. The van der Waals surface area contributed by atoms with Crippen molar-refractivity contribution in [2.75, 3.05) is 5.32 Å². The van der Waals surface area contributed by atoms with Gasteiger partial charge in [-0.25, -0.2) is 14.6 Å². The smallest absolute Gasteiger partial charge is 0.198 e. The highest BCUT2D eigenvalue weighted by Gasteiger charge is 2.16. The number of nitrogens with one attached hydrogen (secondary N) is 2. The molecule has 0 aromatic carbocycles. The average molecular weight is 344 g/mol. The number of aromatic nitrogens is 6. The summed E-state index contributed by atoms with van der Waals surface area (Å²) in [6.45, 7) is 4.02. The van der Waals surface area contributed by atoms with E-state index >= 15 is 0 Å². The number of fused-ring (bicyclic) bond motifs is 1. The van der Waals surface area contributed by atoms with Crippen molar-refractivity contribution >= 4 is 34.1 Å². The number of hydrogen-bond acceptors (Lipinski definition) is 6. The van der Waals surface area contributed by atoms with Crippen LogP contribution >= 0.6 is 11.6 Å². The van der Waals surface area contributed by atoms with E-state index in [0.29, 0.717) is 39.3 Å². The van der Waals surface area contributed by atoms with Crippen molar-refractivity contribution in [1.82, 2.24) is 29.9 Å². The Hall–Kier alpha value is -2.87. The molecular weight excluding hydrogens is 330 g/mol. The summed E-state index contributed by atoms with van der Waals surface area (Å²) in [7, 11) is 0. The van der Waals surface area contributed by atoms with Crippen molar-refractivity contribution < 1.29 is 4.42 Å². The van der Waals surface area contributed by atoms with E-state index in [1.807, 2.05) is 13.8 Å². The molecule has 4 aromatic heterocycles. The third-order valence-corrected chi connectivity index (χ3v) is 3.90. The molecule has 122 valence electrons. The molecule has 4 rings (SSSR count). The predicted molar refractivity (Wildman–Crippen MR) is 90.3 cm³/mol. The van der Waals surface area contributed by atoms with Crippen LogP contribution in [-0.4, -0.2) is 29.9 Å². The molecule has 0 radical (unpaired) electrons. The van der Waals surface area contributed by atoms with Gasteiger partial charge < -0.3 is 9.73 Å². The van der Waals surface area contributed by atoms with Gasteiger partial charge in [0.05, 0.1) is 24.3 Å². The van der Waals surface area contributed by atoms with Crippen LogP contribution in [0.15, 0.2) is 35.2 Å². The first-order chi connectivity index (χ1) is 11.6. The molecule has 0 aliphatic rings. The summed E-state index contributed by atoms with van der Waals surface area (Å²) in [5.74, 6) is 1.59. The number of rotatable bonds is 4. The molecule has 4 aromatic rings. The van der Waals surface area contributed by atoms with Crippen LogP contribution in [0.4, 0.5) is 11.5 Å². The van der Waals surface area contributed by atoms with E-state index in [4.69, 9.17) is 16.0 Å². The lowest BCUT2D eigenvalue weighted by Crippen LogP contribution is -2.03. The second-order valence-electron chi connectivity index (χ2n) is 5.52. The maximum Gasteiger partial charge on any atom is 0.198 e. The third kappa shape index (κ3) is 2.41. The van der Waals surface area contributed by atoms with Crippen molar-refractivity contribution in [3.8, 4) is 11.6 Å². The van der Waals surface area contributed by atoms with Gasteiger partial charge in [0.2, 0.25) is 0 Å². The number of H-pyrrole nitrogens is 1. The lowest BCUT2D eigenvalue weighted by atomic mass is 10.3. The molecule has 8 nitrogen and oxygen atoms in total. The molecule has 0 amide bonds. The van der Waals surface area contributed by atoms with E-state index in [-0.39, 0.29) is 6.04 Å². The number of aromatic amines is 1. The monoisotopic (exact) mass is 343 g/mol. The van der Waals surface area contributed by atoms with Crippen molar-refractivity contribution in [2.24, 2.45) is 0 Å². The van der Waals surface area contributed by atoms with Crippen LogP contribution in [0, 0.1) is 0 Å². The minimum atomic E-state index is 0.157. The van der Waals surface area contributed by atoms with Crippen molar-refractivity contribution in [3.63, 3.8) is 0 Å². The second kappa shape index (κ2) is 5.64. The Bertz CT molecular complexity index is 987. The van der Waals surface area contributed by atoms with Crippen LogP contribution in [0.3, 0.4) is 0 Å². The van der Waals surface area contributed by atoms with Gasteiger partial charge in [0.15, 0.2) is 22.6 Å². The number of nitrogens with zero attached hydrogens (tertiary/aromatic N) is 5. The summed E-state index contributed by atoms with van der Waals surface area (Å²) in [6.07, 6.45) is 4.88. The summed E-state index contributed by atoms with van der Waals surface area (Å²) in [4.78, 5) is 8.97. The second-order valence-corrected chi connectivity index (χ2v) is 5.87. The van der Waals surface area contributed by atoms with Crippen molar-refractivity contribution in [1.29, 1.82) is 0 Å². The molecule has 0 fully saturated rings. The number of anilines is 2. The molecular formula is C15H14ClN7O. The third-order valence-electron chi connectivity index (χ3n) is 3.52. The van der Waals surface area contributed by atoms with Gasteiger partial charge in [0, 0.05) is 6.04 Å². The fourth-order valence-electron chi connectivity index (χ4n) is 2.36. The van der Waals surface area contributed by atoms with E-state index < -0.39 is 0 Å². The molecule has 24 heavy (non-hydrogen) atoms. The molecule has 0 aliphatic heterocycles. The van der Waals surface area contributed by atoms with Gasteiger partial charge in [-0.1, -0.05) is 11.6 Å². The summed E-state index contributed by atoms with van der Waals surface area (Å²) in [5, 5.41) is 14.9. The normalized spacial score (nSPS) is 11.5. The Morgan fingerprint density at radius 2 is 2.17 bits per heavy atom. The van der Waals surface area contributed by atoms with E-state index in [1.165, 1.54) is 0 Å². The maximum absolute atomic E-state index is 6.38. The first kappa shape index (κ1) is 14.7. The topological polar surface area (TPSA) is 97.5 Å². The zero-order valence-corrected chi connectivity index (χ0v) is 13.7. The van der Waals surface area contributed by atoms with Gasteiger partial charge in [-0.2, -0.15) is 10.2 Å². The average Bonchev–Trinajstić information content (AvgIpc) is 3.28. The summed E-state index contributed by atoms with van der Waals surface area (Å²) < 4.78 is 7.11. The number of halogens is 1. The van der Waals surface area contributed by atoms with Gasteiger partial charge >= 0.3 is 0 Å². The Morgan fingerprint density at radius 3 is 2.88 bits per heavy atom. The summed E-state index contributed by atoms with van der Waals surface area (Å²) in [5.41, 5.74) is 2.01. The lowest BCUT2D eigenvalue weighted by Gasteiger charge is -2.09. The highest BCUT2D eigenvalue weighted by Crippen LogP contribution is 2.30. The Balaban J connectivity index is 1.80. The number of furan rings is 1. The van der Waals surface area contributed by atoms with Crippen LogP contribution in [0.5, 0.6) is 0 Å². The molecule has 0 bridgehead atoms. The summed E-state index contributed by atoms with van der Waals surface area (Å²) in [6, 6.07) is 3.74. The SMILES string of the molecule is CC(C)n1ncc(Nc2nc(-c3ccco3)nc3cn[nH]c23)c1Cl. The van der Waals surface area contributed by atoms with Gasteiger partial charge in [-0.3, -0.25) is 5.10 Å². The highest BCUT2D eigenvalue weighted by molar-refractivity contribution is 6.32. The highest BCUT2D eigenvalue weighted by atomic mass is 35.5. The molecule has 0 saturated carbocycles. The van der Waals surface area contributed by atoms with Gasteiger partial charge in [-0.15, -0.1) is 0 Å². The number of hydrogen-bond donors (Lipinski definition) is 2. The largest absolute Gasteiger partial charge is 0.461 e. The van der Waals surface area contributed by atoms with E-state index in [9.17, 15) is 0 Å². The van der Waals surface area contributed by atoms with Crippen LogP contribution < -0.4 is 5.32 Å². The zero-order valence-electron chi connectivity index (χ0n) is 13.0. The Kier molecular flexibility index (Phi) is 3.46. The predicted octanol–water partition coefficient (Wildman–Crippen LogP) is 3.79.